The van der Waals surface area contributed by atoms with Crippen LogP contribution in [0.2, 0.25) is 0 Å². The molecule has 0 saturated heterocycles. The number of ether oxygens (including phenoxy) is 1. The Bertz CT molecular complexity index is 594. The fraction of sp³-hybridized carbons (Fsp3) is 0.235. The highest BCUT2D eigenvalue weighted by atomic mass is 16.5. The molecule has 0 unspecified atom stereocenters. The lowest BCUT2D eigenvalue weighted by Crippen LogP contribution is -2.13. The Hall–Kier alpha value is -2.33. The molecule has 110 valence electrons. The SMILES string of the molecule is Cc1ccc(Oc2ccccc2NC(=O)CCCN)cc1. The van der Waals surface area contributed by atoms with Crippen LogP contribution in [0.4, 0.5) is 5.69 Å². The number of carbonyl (C=O) groups is 1. The molecule has 2 rings (SSSR count). The quantitative estimate of drug-likeness (QED) is 0.853. The summed E-state index contributed by atoms with van der Waals surface area (Å²) < 4.78 is 5.83. The number of hydrogen-bond acceptors (Lipinski definition) is 3. The molecule has 0 fully saturated rings. The van der Waals surface area contributed by atoms with E-state index in [1.54, 1.807) is 0 Å². The lowest BCUT2D eigenvalue weighted by Gasteiger charge is -2.12. The highest BCUT2D eigenvalue weighted by Gasteiger charge is 2.08. The first kappa shape index (κ1) is 15.1. The third-order valence-electron chi connectivity index (χ3n) is 3.02. The monoisotopic (exact) mass is 284 g/mol. The van der Waals surface area contributed by atoms with E-state index in [1.165, 1.54) is 5.56 Å². The van der Waals surface area contributed by atoms with Gasteiger partial charge < -0.3 is 15.8 Å². The number of anilines is 1. The van der Waals surface area contributed by atoms with Crippen LogP contribution in [0.3, 0.4) is 0 Å². The van der Waals surface area contributed by atoms with E-state index < -0.39 is 0 Å². The number of benzene rings is 2. The standard InChI is InChI=1S/C17H20N2O2/c1-13-8-10-14(11-9-13)21-16-6-3-2-5-15(16)19-17(20)7-4-12-18/h2-3,5-6,8-11H,4,7,12,18H2,1H3,(H,19,20). The smallest absolute Gasteiger partial charge is 0.224 e. The number of aryl methyl sites for hydroxylation is 1. The molecule has 3 N–H and O–H groups in total. The van der Waals surface area contributed by atoms with Gasteiger partial charge in [0.05, 0.1) is 5.69 Å². The molecule has 4 heteroatoms. The van der Waals surface area contributed by atoms with Crippen LogP contribution in [0.5, 0.6) is 11.5 Å². The zero-order valence-electron chi connectivity index (χ0n) is 12.1. The average molecular weight is 284 g/mol. The van der Waals surface area contributed by atoms with Gasteiger partial charge in [-0.3, -0.25) is 4.79 Å². The van der Waals surface area contributed by atoms with Crippen molar-refractivity contribution in [3.05, 3.63) is 54.1 Å². The van der Waals surface area contributed by atoms with Gasteiger partial charge in [-0.05, 0) is 44.2 Å². The Morgan fingerprint density at radius 3 is 2.57 bits per heavy atom. The van der Waals surface area contributed by atoms with Crippen molar-refractivity contribution in [1.29, 1.82) is 0 Å². The number of nitrogens with two attached hydrogens (primary N) is 1. The summed E-state index contributed by atoms with van der Waals surface area (Å²) in [4.78, 5) is 11.8. The molecule has 0 radical (unpaired) electrons. The van der Waals surface area contributed by atoms with Crippen molar-refractivity contribution in [3.8, 4) is 11.5 Å². The Morgan fingerprint density at radius 1 is 1.14 bits per heavy atom. The maximum Gasteiger partial charge on any atom is 0.224 e. The first-order valence-corrected chi connectivity index (χ1v) is 7.02. The lowest BCUT2D eigenvalue weighted by molar-refractivity contribution is -0.116. The molecule has 0 heterocycles. The molecule has 4 nitrogen and oxygen atoms in total. The third kappa shape index (κ3) is 4.61. The Balaban J connectivity index is 2.09. The number of rotatable bonds is 6. The summed E-state index contributed by atoms with van der Waals surface area (Å²) in [5.41, 5.74) is 7.25. The van der Waals surface area contributed by atoms with E-state index in [1.807, 2.05) is 55.5 Å². The van der Waals surface area contributed by atoms with Crippen molar-refractivity contribution < 1.29 is 9.53 Å². The van der Waals surface area contributed by atoms with Crippen LogP contribution in [-0.4, -0.2) is 12.5 Å². The second-order valence-corrected chi connectivity index (χ2v) is 4.85. The second kappa shape index (κ2) is 7.45. The van der Waals surface area contributed by atoms with E-state index in [9.17, 15) is 4.79 Å². The summed E-state index contributed by atoms with van der Waals surface area (Å²) in [6, 6.07) is 15.2. The van der Waals surface area contributed by atoms with Gasteiger partial charge in [0, 0.05) is 6.42 Å². The fourth-order valence-corrected chi connectivity index (χ4v) is 1.87. The summed E-state index contributed by atoms with van der Waals surface area (Å²) in [6.45, 7) is 2.53. The topological polar surface area (TPSA) is 64.3 Å². The predicted octanol–water partition coefficient (Wildman–Crippen LogP) is 3.46. The van der Waals surface area contributed by atoms with E-state index in [2.05, 4.69) is 5.32 Å². The summed E-state index contributed by atoms with van der Waals surface area (Å²) in [5, 5.41) is 2.86. The first-order valence-electron chi connectivity index (χ1n) is 7.02. The average Bonchev–Trinajstić information content (AvgIpc) is 2.49. The Morgan fingerprint density at radius 2 is 1.86 bits per heavy atom. The van der Waals surface area contributed by atoms with E-state index in [0.717, 1.165) is 5.75 Å². The summed E-state index contributed by atoms with van der Waals surface area (Å²) in [7, 11) is 0. The van der Waals surface area contributed by atoms with Crippen LogP contribution in [0, 0.1) is 6.92 Å². The minimum atomic E-state index is -0.0552. The molecule has 0 aromatic heterocycles. The predicted molar refractivity (Wildman–Crippen MR) is 84.6 cm³/mol. The first-order chi connectivity index (χ1) is 10.2. The van der Waals surface area contributed by atoms with Gasteiger partial charge in [-0.15, -0.1) is 0 Å². The van der Waals surface area contributed by atoms with E-state index in [4.69, 9.17) is 10.5 Å². The molecule has 0 spiro atoms. The van der Waals surface area contributed by atoms with E-state index >= 15 is 0 Å². The highest BCUT2D eigenvalue weighted by Crippen LogP contribution is 2.29. The van der Waals surface area contributed by atoms with Crippen LogP contribution >= 0.6 is 0 Å². The summed E-state index contributed by atoms with van der Waals surface area (Å²) in [6.07, 6.45) is 1.09. The molecule has 2 aromatic carbocycles. The van der Waals surface area contributed by atoms with Crippen molar-refractivity contribution in [2.24, 2.45) is 5.73 Å². The van der Waals surface area contributed by atoms with E-state index in [0.29, 0.717) is 30.8 Å². The molecule has 1 amide bonds. The molecule has 0 bridgehead atoms. The van der Waals surface area contributed by atoms with Crippen molar-refractivity contribution in [1.82, 2.24) is 0 Å². The van der Waals surface area contributed by atoms with Gasteiger partial charge in [-0.1, -0.05) is 29.8 Å². The maximum atomic E-state index is 11.8. The van der Waals surface area contributed by atoms with Gasteiger partial charge in [-0.25, -0.2) is 0 Å². The Kier molecular flexibility index (Phi) is 5.35. The third-order valence-corrected chi connectivity index (χ3v) is 3.02. The van der Waals surface area contributed by atoms with Crippen LogP contribution < -0.4 is 15.8 Å². The summed E-state index contributed by atoms with van der Waals surface area (Å²) in [5.74, 6) is 1.31. The van der Waals surface area contributed by atoms with Gasteiger partial charge in [0.15, 0.2) is 5.75 Å². The minimum absolute atomic E-state index is 0.0552. The van der Waals surface area contributed by atoms with Gasteiger partial charge >= 0.3 is 0 Å². The molecule has 2 aromatic rings. The largest absolute Gasteiger partial charge is 0.455 e. The van der Waals surface area contributed by atoms with Crippen molar-refractivity contribution in [2.75, 3.05) is 11.9 Å². The molecule has 0 aliphatic heterocycles. The van der Waals surface area contributed by atoms with Gasteiger partial charge in [0.2, 0.25) is 5.91 Å². The van der Waals surface area contributed by atoms with Gasteiger partial charge in [-0.2, -0.15) is 0 Å². The number of para-hydroxylation sites is 2. The van der Waals surface area contributed by atoms with Crippen LogP contribution in [0.15, 0.2) is 48.5 Å². The zero-order chi connectivity index (χ0) is 15.1. The molecule has 0 aliphatic carbocycles. The van der Waals surface area contributed by atoms with Crippen molar-refractivity contribution >= 4 is 11.6 Å². The molecule has 0 aliphatic rings. The molecule has 0 atom stereocenters. The Labute approximate surface area is 124 Å². The molecule has 21 heavy (non-hydrogen) atoms. The van der Waals surface area contributed by atoms with Crippen LogP contribution in [-0.2, 0) is 4.79 Å². The van der Waals surface area contributed by atoms with Crippen molar-refractivity contribution in [2.45, 2.75) is 19.8 Å². The van der Waals surface area contributed by atoms with Gasteiger partial charge in [0.25, 0.3) is 0 Å². The lowest BCUT2D eigenvalue weighted by atomic mass is 10.2. The number of carbonyl (C=O) groups excluding carboxylic acids is 1. The number of hydrogen-bond donors (Lipinski definition) is 2. The molecule has 0 saturated carbocycles. The van der Waals surface area contributed by atoms with Gasteiger partial charge in [0.1, 0.15) is 5.75 Å². The van der Waals surface area contributed by atoms with E-state index in [-0.39, 0.29) is 5.91 Å². The summed E-state index contributed by atoms with van der Waals surface area (Å²) >= 11 is 0. The van der Waals surface area contributed by atoms with Crippen molar-refractivity contribution in [3.63, 3.8) is 0 Å². The maximum absolute atomic E-state index is 11.8. The fourth-order valence-electron chi connectivity index (χ4n) is 1.87. The second-order valence-electron chi connectivity index (χ2n) is 4.85. The zero-order valence-corrected chi connectivity index (χ0v) is 12.1. The normalized spacial score (nSPS) is 10.2. The molecular formula is C17H20N2O2. The number of nitrogens with one attached hydrogen (secondary N) is 1. The highest BCUT2D eigenvalue weighted by molar-refractivity contribution is 5.92. The van der Waals surface area contributed by atoms with Crippen LogP contribution in [0.25, 0.3) is 0 Å². The van der Waals surface area contributed by atoms with Crippen LogP contribution in [0.1, 0.15) is 18.4 Å². The number of amides is 1. The minimum Gasteiger partial charge on any atom is -0.455 e. The molecular weight excluding hydrogens is 264 g/mol.